The molecule has 1 aliphatic heterocycles. The summed E-state index contributed by atoms with van der Waals surface area (Å²) in [6, 6.07) is 15.8. The predicted molar refractivity (Wildman–Crippen MR) is 119 cm³/mol. The van der Waals surface area contributed by atoms with Crippen LogP contribution in [0.15, 0.2) is 64.9 Å². The van der Waals surface area contributed by atoms with Gasteiger partial charge in [0.15, 0.2) is 5.13 Å². The number of hydrogen-bond acceptors (Lipinski definition) is 5. The van der Waals surface area contributed by atoms with Crippen molar-refractivity contribution in [2.24, 2.45) is 0 Å². The minimum Gasteiger partial charge on any atom is -0.298 e. The number of aromatic nitrogens is 1. The zero-order valence-corrected chi connectivity index (χ0v) is 18.2. The predicted octanol–water partition coefficient (Wildman–Crippen LogP) is 4.63. The van der Waals surface area contributed by atoms with Crippen molar-refractivity contribution in [3.8, 4) is 11.3 Å². The van der Waals surface area contributed by atoms with E-state index in [0.717, 1.165) is 30.5 Å². The summed E-state index contributed by atoms with van der Waals surface area (Å²) in [4.78, 5) is 17.2. The zero-order valence-electron chi connectivity index (χ0n) is 16.6. The topological polar surface area (TPSA) is 79.4 Å². The highest BCUT2D eigenvalue weighted by atomic mass is 32.2. The van der Waals surface area contributed by atoms with Gasteiger partial charge >= 0.3 is 0 Å². The molecule has 156 valence electrons. The molecule has 30 heavy (non-hydrogen) atoms. The number of nitrogens with one attached hydrogen (secondary N) is 1. The molecule has 1 aliphatic rings. The monoisotopic (exact) mass is 441 g/mol. The van der Waals surface area contributed by atoms with Crippen molar-refractivity contribution in [1.82, 2.24) is 9.29 Å². The first kappa shape index (κ1) is 20.7. The lowest BCUT2D eigenvalue weighted by Crippen LogP contribution is -2.41. The maximum Gasteiger partial charge on any atom is 0.257 e. The fourth-order valence-corrected chi connectivity index (χ4v) is 6.00. The van der Waals surface area contributed by atoms with Crippen LogP contribution in [0.1, 0.15) is 36.5 Å². The summed E-state index contributed by atoms with van der Waals surface area (Å²) in [6.45, 7) is 2.48. The third kappa shape index (κ3) is 4.30. The van der Waals surface area contributed by atoms with Crippen LogP contribution in [0.4, 0.5) is 5.13 Å². The van der Waals surface area contributed by atoms with Crippen LogP contribution in [0.25, 0.3) is 11.3 Å². The molecule has 2 aromatic carbocycles. The molecule has 8 heteroatoms. The van der Waals surface area contributed by atoms with E-state index in [1.165, 1.54) is 23.5 Å². The van der Waals surface area contributed by atoms with Crippen LogP contribution in [0.5, 0.6) is 0 Å². The summed E-state index contributed by atoms with van der Waals surface area (Å²) in [6.07, 6.45) is 2.80. The van der Waals surface area contributed by atoms with E-state index in [9.17, 15) is 13.2 Å². The van der Waals surface area contributed by atoms with Crippen molar-refractivity contribution in [3.63, 3.8) is 0 Å². The molecule has 2 heterocycles. The summed E-state index contributed by atoms with van der Waals surface area (Å²) in [5.74, 6) is -0.320. The Bertz CT molecular complexity index is 1130. The first-order valence-corrected chi connectivity index (χ1v) is 12.2. The first-order chi connectivity index (χ1) is 14.4. The Morgan fingerprint density at radius 1 is 1.10 bits per heavy atom. The average molecular weight is 442 g/mol. The fraction of sp³-hybridized carbons (Fsp3) is 0.273. The second kappa shape index (κ2) is 8.67. The Labute approximate surface area is 180 Å². The van der Waals surface area contributed by atoms with Crippen LogP contribution in [-0.2, 0) is 10.0 Å². The third-order valence-corrected chi connectivity index (χ3v) is 8.04. The maximum atomic E-state index is 12.9. The van der Waals surface area contributed by atoms with E-state index in [1.54, 1.807) is 16.4 Å². The van der Waals surface area contributed by atoms with E-state index < -0.39 is 10.0 Å². The van der Waals surface area contributed by atoms with Gasteiger partial charge in [-0.05, 0) is 44.0 Å². The van der Waals surface area contributed by atoms with E-state index in [1.807, 2.05) is 42.6 Å². The van der Waals surface area contributed by atoms with Gasteiger partial charge in [0.05, 0.1) is 10.6 Å². The number of anilines is 1. The van der Waals surface area contributed by atoms with Gasteiger partial charge in [0, 0.05) is 29.1 Å². The molecule has 0 spiro atoms. The molecule has 0 unspecified atom stereocenters. The number of sulfonamides is 1. The lowest BCUT2D eigenvalue weighted by atomic mass is 10.1. The van der Waals surface area contributed by atoms with Crippen molar-refractivity contribution in [1.29, 1.82) is 0 Å². The number of carbonyl (C=O) groups excluding carboxylic acids is 1. The second-order valence-electron chi connectivity index (χ2n) is 7.34. The fourth-order valence-electron chi connectivity index (χ4n) is 3.58. The Balaban J connectivity index is 1.46. The van der Waals surface area contributed by atoms with Crippen molar-refractivity contribution in [3.05, 3.63) is 65.5 Å². The van der Waals surface area contributed by atoms with Crippen LogP contribution in [0.2, 0.25) is 0 Å². The van der Waals surface area contributed by atoms with Gasteiger partial charge < -0.3 is 0 Å². The summed E-state index contributed by atoms with van der Waals surface area (Å²) in [5.41, 5.74) is 2.17. The molecule has 1 saturated heterocycles. The molecule has 1 N–H and O–H groups in total. The van der Waals surface area contributed by atoms with Crippen LogP contribution in [0, 0.1) is 0 Å². The molecule has 1 fully saturated rings. The van der Waals surface area contributed by atoms with Crippen LogP contribution >= 0.6 is 11.3 Å². The van der Waals surface area contributed by atoms with Gasteiger partial charge in [-0.2, -0.15) is 4.31 Å². The largest absolute Gasteiger partial charge is 0.298 e. The minimum atomic E-state index is -3.55. The number of thiazole rings is 1. The van der Waals surface area contributed by atoms with Gasteiger partial charge in [0.25, 0.3) is 5.91 Å². The van der Waals surface area contributed by atoms with Crippen LogP contribution < -0.4 is 5.32 Å². The van der Waals surface area contributed by atoms with Crippen molar-refractivity contribution in [2.45, 2.75) is 37.1 Å². The molecule has 3 aromatic rings. The van der Waals surface area contributed by atoms with Gasteiger partial charge in [0.2, 0.25) is 10.0 Å². The second-order valence-corrected chi connectivity index (χ2v) is 10.1. The summed E-state index contributed by atoms with van der Waals surface area (Å²) < 4.78 is 27.4. The number of amides is 1. The highest BCUT2D eigenvalue weighted by Gasteiger charge is 2.30. The van der Waals surface area contributed by atoms with Gasteiger partial charge in [-0.3, -0.25) is 10.1 Å². The van der Waals surface area contributed by atoms with E-state index >= 15 is 0 Å². The summed E-state index contributed by atoms with van der Waals surface area (Å²) in [5, 5.41) is 5.17. The highest BCUT2D eigenvalue weighted by Crippen LogP contribution is 2.27. The zero-order chi connectivity index (χ0) is 21.1. The standard InChI is InChI=1S/C22H23N3O3S2/c1-16-7-5-6-14-25(16)30(27,28)19-12-10-18(11-13-19)21(26)24-22-23-20(15-29-22)17-8-3-2-4-9-17/h2-4,8-13,15-16H,5-7,14H2,1H3,(H,23,24,26)/t16-/m1/s1. The molecule has 0 radical (unpaired) electrons. The van der Waals surface area contributed by atoms with Gasteiger partial charge in [-0.25, -0.2) is 13.4 Å². The lowest BCUT2D eigenvalue weighted by molar-refractivity contribution is 0.102. The van der Waals surface area contributed by atoms with Gasteiger partial charge in [-0.1, -0.05) is 36.8 Å². The Morgan fingerprint density at radius 3 is 2.53 bits per heavy atom. The molecular formula is C22H23N3O3S2. The third-order valence-electron chi connectivity index (χ3n) is 5.26. The molecule has 1 atom stereocenters. The van der Waals surface area contributed by atoms with Gasteiger partial charge in [-0.15, -0.1) is 11.3 Å². The van der Waals surface area contributed by atoms with E-state index in [2.05, 4.69) is 10.3 Å². The number of rotatable bonds is 5. The summed E-state index contributed by atoms with van der Waals surface area (Å²) in [7, 11) is -3.55. The molecule has 0 saturated carbocycles. The molecule has 1 amide bonds. The Hall–Kier alpha value is -2.55. The number of carbonyl (C=O) groups is 1. The van der Waals surface area contributed by atoms with Crippen molar-refractivity contribution in [2.75, 3.05) is 11.9 Å². The minimum absolute atomic E-state index is 0.00422. The molecule has 6 nitrogen and oxygen atoms in total. The van der Waals surface area contributed by atoms with E-state index in [4.69, 9.17) is 0 Å². The SMILES string of the molecule is C[C@@H]1CCCCN1S(=O)(=O)c1ccc(C(=O)Nc2nc(-c3ccccc3)cs2)cc1. The Kier molecular flexibility index (Phi) is 5.99. The van der Waals surface area contributed by atoms with E-state index in [-0.39, 0.29) is 16.8 Å². The average Bonchev–Trinajstić information content (AvgIpc) is 3.23. The maximum absolute atomic E-state index is 12.9. The molecule has 4 rings (SSSR count). The smallest absolute Gasteiger partial charge is 0.257 e. The molecular weight excluding hydrogens is 418 g/mol. The van der Waals surface area contributed by atoms with Crippen molar-refractivity contribution >= 4 is 32.4 Å². The van der Waals surface area contributed by atoms with Crippen molar-refractivity contribution < 1.29 is 13.2 Å². The number of hydrogen-bond donors (Lipinski definition) is 1. The first-order valence-electron chi connectivity index (χ1n) is 9.89. The van der Waals surface area contributed by atoms with Gasteiger partial charge in [0.1, 0.15) is 0 Å². The lowest BCUT2D eigenvalue weighted by Gasteiger charge is -2.32. The number of piperidine rings is 1. The quantitative estimate of drug-likeness (QED) is 0.626. The molecule has 1 aromatic heterocycles. The van der Waals surface area contributed by atoms with E-state index in [0.29, 0.717) is 17.2 Å². The molecule has 0 aliphatic carbocycles. The van der Waals surface area contributed by atoms with Crippen LogP contribution in [-0.4, -0.2) is 36.2 Å². The van der Waals surface area contributed by atoms with Crippen LogP contribution in [0.3, 0.4) is 0 Å². The Morgan fingerprint density at radius 2 is 1.83 bits per heavy atom. The summed E-state index contributed by atoms with van der Waals surface area (Å²) >= 11 is 1.35. The number of nitrogens with zero attached hydrogens (tertiary/aromatic N) is 2. The normalized spacial score (nSPS) is 17.6. The highest BCUT2D eigenvalue weighted by molar-refractivity contribution is 7.89. The molecule has 0 bridgehead atoms. The number of benzene rings is 2.